The number of aliphatic carboxylic acids is 1. The molecule has 0 saturated heterocycles. The molecule has 0 radical (unpaired) electrons. The molecule has 0 heterocycles. The van der Waals surface area contributed by atoms with Crippen LogP contribution in [0.4, 0.5) is 0 Å². The van der Waals surface area contributed by atoms with Crippen molar-refractivity contribution in [1.82, 2.24) is 4.90 Å². The van der Waals surface area contributed by atoms with Crippen LogP contribution in [0.25, 0.3) is 0 Å². The van der Waals surface area contributed by atoms with Gasteiger partial charge in [-0.1, -0.05) is 24.6 Å². The monoisotopic (exact) mass is 309 g/mol. The summed E-state index contributed by atoms with van der Waals surface area (Å²) in [5.74, 6) is -0.393. The zero-order valence-electron chi connectivity index (χ0n) is 12.8. The highest BCUT2D eigenvalue weighted by molar-refractivity contribution is 7.99. The van der Waals surface area contributed by atoms with Gasteiger partial charge in [-0.3, -0.25) is 9.59 Å². The Morgan fingerprint density at radius 3 is 2.43 bits per heavy atom. The van der Waals surface area contributed by atoms with Gasteiger partial charge in [-0.2, -0.15) is 0 Å². The predicted molar refractivity (Wildman–Crippen MR) is 85.6 cm³/mol. The van der Waals surface area contributed by atoms with Crippen LogP contribution in [0.1, 0.15) is 32.3 Å². The molecule has 1 unspecified atom stereocenters. The van der Waals surface area contributed by atoms with Crippen LogP contribution in [0.3, 0.4) is 0 Å². The normalized spacial score (nSPS) is 12.0. The van der Waals surface area contributed by atoms with Gasteiger partial charge in [0.1, 0.15) is 6.54 Å². The molecule has 1 aromatic carbocycles. The molecule has 0 aromatic heterocycles. The van der Waals surface area contributed by atoms with Crippen LogP contribution in [0, 0.1) is 6.92 Å². The number of carboxylic acid groups (broad SMARTS) is 1. The minimum absolute atomic E-state index is 0.0435. The van der Waals surface area contributed by atoms with Gasteiger partial charge < -0.3 is 10.0 Å². The topological polar surface area (TPSA) is 57.6 Å². The molecule has 0 saturated carbocycles. The second kappa shape index (κ2) is 8.72. The van der Waals surface area contributed by atoms with Crippen LogP contribution < -0.4 is 0 Å². The Kier molecular flexibility index (Phi) is 7.29. The van der Waals surface area contributed by atoms with Crippen molar-refractivity contribution in [2.24, 2.45) is 0 Å². The number of hydrogen-bond acceptors (Lipinski definition) is 3. The summed E-state index contributed by atoms with van der Waals surface area (Å²) >= 11 is 1.62. The van der Waals surface area contributed by atoms with Gasteiger partial charge in [0.2, 0.25) is 5.91 Å². The molecule has 4 nitrogen and oxygen atoms in total. The maximum absolute atomic E-state index is 12.2. The van der Waals surface area contributed by atoms with Gasteiger partial charge in [0, 0.05) is 23.1 Å². The largest absolute Gasteiger partial charge is 0.480 e. The molecule has 0 fully saturated rings. The number of carboxylic acids is 1. The number of benzene rings is 1. The second-order valence-corrected chi connectivity index (χ2v) is 6.25. The average Bonchev–Trinajstić information content (AvgIpc) is 2.45. The van der Waals surface area contributed by atoms with Crippen molar-refractivity contribution in [3.05, 3.63) is 29.8 Å². The first-order valence-corrected chi connectivity index (χ1v) is 8.13. The summed E-state index contributed by atoms with van der Waals surface area (Å²) in [6, 6.07) is 8.11. The van der Waals surface area contributed by atoms with Gasteiger partial charge in [0.05, 0.1) is 0 Å². The lowest BCUT2D eigenvalue weighted by molar-refractivity contribution is -0.145. The summed E-state index contributed by atoms with van der Waals surface area (Å²) in [6.07, 6.45) is 1.11. The van der Waals surface area contributed by atoms with Gasteiger partial charge in [0.25, 0.3) is 0 Å². The molecule has 1 N–H and O–H groups in total. The molecule has 1 amide bonds. The minimum atomic E-state index is -0.963. The van der Waals surface area contributed by atoms with Crippen molar-refractivity contribution in [2.45, 2.75) is 44.6 Å². The fourth-order valence-electron chi connectivity index (χ4n) is 1.89. The molecule has 21 heavy (non-hydrogen) atoms. The third-order valence-corrected chi connectivity index (χ3v) is 4.37. The number of hydrogen-bond donors (Lipinski definition) is 1. The van der Waals surface area contributed by atoms with Crippen LogP contribution in [-0.2, 0) is 9.59 Å². The van der Waals surface area contributed by atoms with Crippen LogP contribution in [-0.4, -0.2) is 40.2 Å². The number of aryl methyl sites for hydroxylation is 1. The van der Waals surface area contributed by atoms with Crippen LogP contribution >= 0.6 is 11.8 Å². The lowest BCUT2D eigenvalue weighted by atomic mass is 10.2. The second-order valence-electron chi connectivity index (χ2n) is 5.08. The van der Waals surface area contributed by atoms with Gasteiger partial charge in [-0.05, 0) is 32.4 Å². The fraction of sp³-hybridized carbons (Fsp3) is 0.500. The van der Waals surface area contributed by atoms with Crippen molar-refractivity contribution in [3.63, 3.8) is 0 Å². The van der Waals surface area contributed by atoms with Gasteiger partial charge in [-0.25, -0.2) is 0 Å². The summed E-state index contributed by atoms with van der Waals surface area (Å²) in [4.78, 5) is 25.6. The number of thioether (sulfide) groups is 1. The van der Waals surface area contributed by atoms with Crippen LogP contribution in [0.15, 0.2) is 29.2 Å². The molecule has 116 valence electrons. The lowest BCUT2D eigenvalue weighted by Crippen LogP contribution is -2.41. The minimum Gasteiger partial charge on any atom is -0.480 e. The van der Waals surface area contributed by atoms with E-state index in [9.17, 15) is 9.59 Å². The Labute approximate surface area is 130 Å². The Bertz CT molecular complexity index is 473. The summed E-state index contributed by atoms with van der Waals surface area (Å²) in [5, 5.41) is 8.91. The van der Waals surface area contributed by atoms with E-state index < -0.39 is 5.97 Å². The van der Waals surface area contributed by atoms with E-state index in [1.165, 1.54) is 10.5 Å². The van der Waals surface area contributed by atoms with Crippen molar-refractivity contribution < 1.29 is 14.7 Å². The van der Waals surface area contributed by atoms with E-state index in [0.29, 0.717) is 12.2 Å². The highest BCUT2D eigenvalue weighted by Crippen LogP contribution is 2.19. The van der Waals surface area contributed by atoms with Gasteiger partial charge in [-0.15, -0.1) is 11.8 Å². The summed E-state index contributed by atoms with van der Waals surface area (Å²) in [5.41, 5.74) is 1.21. The Morgan fingerprint density at radius 2 is 1.90 bits per heavy atom. The molecular formula is C16H23NO3S. The molecule has 5 heteroatoms. The van der Waals surface area contributed by atoms with Crippen LogP contribution in [0.5, 0.6) is 0 Å². The molecule has 1 aromatic rings. The van der Waals surface area contributed by atoms with Crippen molar-refractivity contribution in [1.29, 1.82) is 0 Å². The zero-order valence-corrected chi connectivity index (χ0v) is 13.7. The number of carbonyl (C=O) groups excluding carboxylic acids is 1. The van der Waals surface area contributed by atoms with Crippen molar-refractivity contribution in [2.75, 3.05) is 12.3 Å². The lowest BCUT2D eigenvalue weighted by Gasteiger charge is -2.26. The molecule has 0 aliphatic heterocycles. The SMILES string of the molecule is CCC(C)N(CC(=O)O)C(=O)CCSc1ccc(C)cc1. The average molecular weight is 309 g/mol. The Hall–Kier alpha value is -1.49. The number of carbonyl (C=O) groups is 2. The first-order chi connectivity index (χ1) is 9.93. The van der Waals surface area contributed by atoms with Gasteiger partial charge in [0.15, 0.2) is 0 Å². The number of amides is 1. The molecule has 1 atom stereocenters. The summed E-state index contributed by atoms with van der Waals surface area (Å²) in [6.45, 7) is 5.65. The standard InChI is InChI=1S/C16H23NO3S/c1-4-13(3)17(11-16(19)20)15(18)9-10-21-14-7-5-12(2)6-8-14/h5-8,13H,4,9-11H2,1-3H3,(H,19,20). The molecular weight excluding hydrogens is 286 g/mol. The smallest absolute Gasteiger partial charge is 0.323 e. The highest BCUT2D eigenvalue weighted by Gasteiger charge is 2.20. The number of nitrogens with zero attached hydrogens (tertiary/aromatic N) is 1. The van der Waals surface area contributed by atoms with Gasteiger partial charge >= 0.3 is 5.97 Å². The highest BCUT2D eigenvalue weighted by atomic mass is 32.2. The van der Waals surface area contributed by atoms with E-state index >= 15 is 0 Å². The fourth-order valence-corrected chi connectivity index (χ4v) is 2.73. The maximum Gasteiger partial charge on any atom is 0.323 e. The van der Waals surface area contributed by atoms with Crippen LogP contribution in [0.2, 0.25) is 0 Å². The van der Waals surface area contributed by atoms with E-state index in [2.05, 4.69) is 0 Å². The van der Waals surface area contributed by atoms with Crippen molar-refractivity contribution in [3.8, 4) is 0 Å². The zero-order chi connectivity index (χ0) is 15.8. The molecule has 0 spiro atoms. The Morgan fingerprint density at radius 1 is 1.29 bits per heavy atom. The summed E-state index contributed by atoms with van der Waals surface area (Å²) < 4.78 is 0. The molecule has 0 aliphatic rings. The van der Waals surface area contributed by atoms with Crippen molar-refractivity contribution >= 4 is 23.6 Å². The summed E-state index contributed by atoms with van der Waals surface area (Å²) in [7, 11) is 0. The van der Waals surface area contributed by atoms with E-state index in [0.717, 1.165) is 11.3 Å². The third-order valence-electron chi connectivity index (χ3n) is 3.35. The molecule has 0 aliphatic carbocycles. The maximum atomic E-state index is 12.2. The predicted octanol–water partition coefficient (Wildman–Crippen LogP) is 3.19. The quantitative estimate of drug-likeness (QED) is 0.749. The molecule has 0 bridgehead atoms. The molecule has 1 rings (SSSR count). The van der Waals surface area contributed by atoms with E-state index in [4.69, 9.17) is 5.11 Å². The van der Waals surface area contributed by atoms with E-state index in [1.54, 1.807) is 11.8 Å². The first kappa shape index (κ1) is 17.6. The number of rotatable bonds is 8. The Balaban J connectivity index is 2.49. The first-order valence-electron chi connectivity index (χ1n) is 7.14. The third kappa shape index (κ3) is 6.21. The van der Waals surface area contributed by atoms with E-state index in [-0.39, 0.29) is 18.5 Å². The van der Waals surface area contributed by atoms with E-state index in [1.807, 2.05) is 45.0 Å².